The van der Waals surface area contributed by atoms with E-state index in [2.05, 4.69) is 21.2 Å². The van der Waals surface area contributed by atoms with Crippen molar-refractivity contribution in [1.82, 2.24) is 15.0 Å². The zero-order chi connectivity index (χ0) is 11.2. The summed E-state index contributed by atoms with van der Waals surface area (Å²) in [6.45, 7) is 0.732. The molecule has 0 unspecified atom stereocenters. The fraction of sp³-hybridized carbons (Fsp3) is 0.833. The Morgan fingerprint density at radius 3 is 2.69 bits per heavy atom. The second-order valence-electron chi connectivity index (χ2n) is 4.73. The molecular formula is C12H22N4. The van der Waals surface area contributed by atoms with E-state index in [1.54, 1.807) is 0 Å². The Hall–Kier alpha value is -0.900. The zero-order valence-electron chi connectivity index (χ0n) is 9.94. The van der Waals surface area contributed by atoms with Gasteiger partial charge in [-0.05, 0) is 32.2 Å². The minimum Gasteiger partial charge on any atom is -0.330 e. The normalized spacial score (nSPS) is 18.6. The molecule has 1 heterocycles. The quantitative estimate of drug-likeness (QED) is 0.793. The molecule has 0 spiro atoms. The second kappa shape index (κ2) is 5.99. The fourth-order valence-corrected chi connectivity index (χ4v) is 2.41. The zero-order valence-corrected chi connectivity index (χ0v) is 9.94. The number of aromatic nitrogens is 3. The molecule has 4 nitrogen and oxygen atoms in total. The molecular weight excluding hydrogens is 200 g/mol. The number of nitrogens with two attached hydrogens (primary N) is 1. The van der Waals surface area contributed by atoms with Crippen LogP contribution in [0, 0.1) is 0 Å². The van der Waals surface area contributed by atoms with Crippen LogP contribution in [0.2, 0.25) is 0 Å². The Labute approximate surface area is 97.2 Å². The summed E-state index contributed by atoms with van der Waals surface area (Å²) in [4.78, 5) is 0. The summed E-state index contributed by atoms with van der Waals surface area (Å²) in [5.41, 5.74) is 6.58. The van der Waals surface area contributed by atoms with Crippen molar-refractivity contribution in [2.75, 3.05) is 6.54 Å². The summed E-state index contributed by atoms with van der Waals surface area (Å²) in [6.07, 6.45) is 12.0. The van der Waals surface area contributed by atoms with Gasteiger partial charge in [0, 0.05) is 6.20 Å². The van der Waals surface area contributed by atoms with Gasteiger partial charge in [-0.2, -0.15) is 0 Å². The van der Waals surface area contributed by atoms with Gasteiger partial charge in [0.15, 0.2) is 0 Å². The van der Waals surface area contributed by atoms with Crippen LogP contribution in [0.15, 0.2) is 6.20 Å². The van der Waals surface area contributed by atoms with Crippen molar-refractivity contribution < 1.29 is 0 Å². The van der Waals surface area contributed by atoms with Gasteiger partial charge in [0.2, 0.25) is 0 Å². The third-order valence-electron chi connectivity index (χ3n) is 3.39. The highest BCUT2D eigenvalue weighted by Crippen LogP contribution is 2.26. The number of nitrogens with zero attached hydrogens (tertiary/aromatic N) is 3. The van der Waals surface area contributed by atoms with E-state index in [4.69, 9.17) is 5.73 Å². The first-order valence-corrected chi connectivity index (χ1v) is 6.51. The molecule has 0 amide bonds. The van der Waals surface area contributed by atoms with Gasteiger partial charge in [-0.3, -0.25) is 0 Å². The summed E-state index contributed by atoms with van der Waals surface area (Å²) in [5, 5.41) is 8.48. The van der Waals surface area contributed by atoms with Crippen LogP contribution in [0.4, 0.5) is 0 Å². The standard InChI is InChI=1S/C12H22N4/c13-9-5-6-11-10-16(15-14-11)12-7-3-1-2-4-8-12/h10,12H,1-9,13H2. The van der Waals surface area contributed by atoms with Gasteiger partial charge in [-0.25, -0.2) is 4.68 Å². The lowest BCUT2D eigenvalue weighted by Crippen LogP contribution is -2.08. The van der Waals surface area contributed by atoms with E-state index in [0.717, 1.165) is 25.1 Å². The van der Waals surface area contributed by atoms with Crippen LogP contribution in [-0.4, -0.2) is 21.5 Å². The van der Waals surface area contributed by atoms with Gasteiger partial charge in [0.05, 0.1) is 11.7 Å². The molecule has 1 aromatic heterocycles. The minimum atomic E-state index is 0.585. The van der Waals surface area contributed by atoms with E-state index in [1.807, 2.05) is 0 Å². The SMILES string of the molecule is NCCCc1cn(C2CCCCCC2)nn1. The highest BCUT2D eigenvalue weighted by molar-refractivity contribution is 4.93. The summed E-state index contributed by atoms with van der Waals surface area (Å²) < 4.78 is 2.08. The van der Waals surface area contributed by atoms with E-state index in [1.165, 1.54) is 38.5 Å². The number of hydrogen-bond donors (Lipinski definition) is 1. The average molecular weight is 222 g/mol. The van der Waals surface area contributed by atoms with E-state index in [0.29, 0.717) is 6.04 Å². The highest BCUT2D eigenvalue weighted by atomic mass is 15.4. The van der Waals surface area contributed by atoms with Gasteiger partial charge < -0.3 is 5.73 Å². The summed E-state index contributed by atoms with van der Waals surface area (Å²) in [5.74, 6) is 0. The maximum atomic E-state index is 5.49. The number of aryl methyl sites for hydroxylation is 1. The molecule has 2 N–H and O–H groups in total. The largest absolute Gasteiger partial charge is 0.330 e. The fourth-order valence-electron chi connectivity index (χ4n) is 2.41. The highest BCUT2D eigenvalue weighted by Gasteiger charge is 2.15. The second-order valence-corrected chi connectivity index (χ2v) is 4.73. The maximum absolute atomic E-state index is 5.49. The summed E-state index contributed by atoms with van der Waals surface area (Å²) in [6, 6.07) is 0.585. The van der Waals surface area contributed by atoms with Crippen LogP contribution in [0.25, 0.3) is 0 Å². The molecule has 1 aliphatic rings. The van der Waals surface area contributed by atoms with E-state index < -0.39 is 0 Å². The maximum Gasteiger partial charge on any atom is 0.0827 e. The molecule has 90 valence electrons. The first-order chi connectivity index (χ1) is 7.90. The Morgan fingerprint density at radius 1 is 1.25 bits per heavy atom. The first-order valence-electron chi connectivity index (χ1n) is 6.51. The molecule has 4 heteroatoms. The molecule has 0 aliphatic heterocycles. The lowest BCUT2D eigenvalue weighted by Gasteiger charge is -2.12. The van der Waals surface area contributed by atoms with Crippen LogP contribution in [0.1, 0.15) is 56.7 Å². The third-order valence-corrected chi connectivity index (χ3v) is 3.39. The molecule has 1 aliphatic carbocycles. The number of hydrogen-bond acceptors (Lipinski definition) is 3. The minimum absolute atomic E-state index is 0.585. The van der Waals surface area contributed by atoms with Gasteiger partial charge >= 0.3 is 0 Å². The molecule has 16 heavy (non-hydrogen) atoms. The van der Waals surface area contributed by atoms with Crippen LogP contribution in [-0.2, 0) is 6.42 Å². The van der Waals surface area contributed by atoms with E-state index in [9.17, 15) is 0 Å². The third kappa shape index (κ3) is 3.04. The van der Waals surface area contributed by atoms with Crippen LogP contribution in [0.5, 0.6) is 0 Å². The molecule has 1 saturated carbocycles. The molecule has 0 atom stereocenters. The van der Waals surface area contributed by atoms with Crippen molar-refractivity contribution >= 4 is 0 Å². The van der Waals surface area contributed by atoms with Crippen molar-refractivity contribution in [2.24, 2.45) is 5.73 Å². The van der Waals surface area contributed by atoms with Crippen molar-refractivity contribution in [1.29, 1.82) is 0 Å². The monoisotopic (exact) mass is 222 g/mol. The Balaban J connectivity index is 1.94. The lowest BCUT2D eigenvalue weighted by molar-refractivity contribution is 0.396. The Morgan fingerprint density at radius 2 is 2.00 bits per heavy atom. The average Bonchev–Trinajstić information content (AvgIpc) is 2.60. The predicted molar refractivity (Wildman–Crippen MR) is 64.1 cm³/mol. The van der Waals surface area contributed by atoms with Gasteiger partial charge in [0.25, 0.3) is 0 Å². The van der Waals surface area contributed by atoms with E-state index >= 15 is 0 Å². The van der Waals surface area contributed by atoms with Crippen molar-refractivity contribution in [2.45, 2.75) is 57.4 Å². The lowest BCUT2D eigenvalue weighted by atomic mass is 10.1. The summed E-state index contributed by atoms with van der Waals surface area (Å²) >= 11 is 0. The topological polar surface area (TPSA) is 56.7 Å². The summed E-state index contributed by atoms with van der Waals surface area (Å²) in [7, 11) is 0. The van der Waals surface area contributed by atoms with Crippen molar-refractivity contribution in [3.8, 4) is 0 Å². The number of rotatable bonds is 4. The molecule has 1 aromatic rings. The molecule has 0 saturated heterocycles. The van der Waals surface area contributed by atoms with E-state index in [-0.39, 0.29) is 0 Å². The molecule has 2 rings (SSSR count). The molecule has 1 fully saturated rings. The smallest absolute Gasteiger partial charge is 0.0827 e. The first kappa shape index (κ1) is 11.6. The molecule has 0 aromatic carbocycles. The molecule has 0 bridgehead atoms. The van der Waals surface area contributed by atoms with Crippen LogP contribution >= 0.6 is 0 Å². The van der Waals surface area contributed by atoms with Crippen LogP contribution in [0.3, 0.4) is 0 Å². The van der Waals surface area contributed by atoms with Gasteiger partial charge in [-0.15, -0.1) is 5.10 Å². The molecule has 0 radical (unpaired) electrons. The van der Waals surface area contributed by atoms with Crippen molar-refractivity contribution in [3.05, 3.63) is 11.9 Å². The van der Waals surface area contributed by atoms with Gasteiger partial charge in [-0.1, -0.05) is 30.9 Å². The predicted octanol–water partition coefficient (Wildman–Crippen LogP) is 2.06. The van der Waals surface area contributed by atoms with Gasteiger partial charge in [0.1, 0.15) is 0 Å². The van der Waals surface area contributed by atoms with Crippen LogP contribution < -0.4 is 5.73 Å². The van der Waals surface area contributed by atoms with Crippen molar-refractivity contribution in [3.63, 3.8) is 0 Å². The Bertz CT molecular complexity index is 300. The Kier molecular flexibility index (Phi) is 4.34.